The highest BCUT2D eigenvalue weighted by Crippen LogP contribution is 2.33. The molecule has 3 rings (SSSR count). The Hall–Kier alpha value is -3.47. The van der Waals surface area contributed by atoms with Crippen LogP contribution >= 0.6 is 23.2 Å². The number of rotatable bonds is 13. The Bertz CT molecular complexity index is 1500. The van der Waals surface area contributed by atoms with Gasteiger partial charge in [-0.2, -0.15) is 0 Å². The summed E-state index contributed by atoms with van der Waals surface area (Å²) in [5.74, 6) is -0.430. The Morgan fingerprint density at radius 3 is 2.17 bits per heavy atom. The van der Waals surface area contributed by atoms with E-state index in [0.29, 0.717) is 27.8 Å². The SMILES string of the molecule is CCC(C)NC(=O)C(C)N(Cc1ccccc1Cl)C(=O)CN(c1ccc(Cl)cc1)S(=O)(=O)c1ccc(OC)c(OC)c1. The highest BCUT2D eigenvalue weighted by atomic mass is 35.5. The fourth-order valence-electron chi connectivity index (χ4n) is 4.10. The quantitative estimate of drug-likeness (QED) is 0.264. The highest BCUT2D eigenvalue weighted by Gasteiger charge is 2.33. The lowest BCUT2D eigenvalue weighted by molar-refractivity contribution is -0.139. The number of nitrogens with zero attached hydrogens (tertiary/aromatic N) is 2. The highest BCUT2D eigenvalue weighted by molar-refractivity contribution is 7.92. The number of halogens is 2. The Labute approximate surface area is 257 Å². The molecule has 2 atom stereocenters. The number of hydrogen-bond acceptors (Lipinski definition) is 6. The first kappa shape index (κ1) is 33.0. The number of sulfonamides is 1. The molecule has 0 saturated carbocycles. The summed E-state index contributed by atoms with van der Waals surface area (Å²) in [5, 5.41) is 3.70. The van der Waals surface area contributed by atoms with Crippen molar-refractivity contribution in [3.05, 3.63) is 82.3 Å². The second kappa shape index (κ2) is 14.6. The number of methoxy groups -OCH3 is 2. The molecule has 0 aliphatic heterocycles. The maximum Gasteiger partial charge on any atom is 0.264 e. The summed E-state index contributed by atoms with van der Waals surface area (Å²) in [4.78, 5) is 28.4. The van der Waals surface area contributed by atoms with Gasteiger partial charge >= 0.3 is 0 Å². The molecule has 3 aromatic carbocycles. The summed E-state index contributed by atoms with van der Waals surface area (Å²) in [6, 6.07) is 16.2. The molecule has 0 fully saturated rings. The minimum Gasteiger partial charge on any atom is -0.493 e. The molecule has 0 saturated heterocycles. The molecule has 0 spiro atoms. The molecule has 0 bridgehead atoms. The zero-order chi connectivity index (χ0) is 31.0. The van der Waals surface area contributed by atoms with Gasteiger partial charge in [-0.1, -0.05) is 48.3 Å². The molecule has 42 heavy (non-hydrogen) atoms. The van der Waals surface area contributed by atoms with E-state index >= 15 is 0 Å². The molecule has 9 nitrogen and oxygen atoms in total. The number of amides is 2. The molecule has 0 radical (unpaired) electrons. The summed E-state index contributed by atoms with van der Waals surface area (Å²) in [6.45, 7) is 4.78. The van der Waals surface area contributed by atoms with Gasteiger partial charge in [-0.15, -0.1) is 0 Å². The van der Waals surface area contributed by atoms with E-state index in [1.807, 2.05) is 13.8 Å². The number of hydrogen-bond donors (Lipinski definition) is 1. The van der Waals surface area contributed by atoms with Crippen LogP contribution in [0.25, 0.3) is 0 Å². The Balaban J connectivity index is 2.07. The van der Waals surface area contributed by atoms with Crippen LogP contribution in [0.2, 0.25) is 10.0 Å². The van der Waals surface area contributed by atoms with E-state index in [2.05, 4.69) is 5.32 Å². The molecule has 1 N–H and O–H groups in total. The van der Waals surface area contributed by atoms with Crippen LogP contribution in [0.4, 0.5) is 5.69 Å². The number of carbonyl (C=O) groups is 2. The summed E-state index contributed by atoms with van der Waals surface area (Å²) in [6.07, 6.45) is 0.699. The van der Waals surface area contributed by atoms with Crippen LogP contribution in [0.1, 0.15) is 32.8 Å². The number of anilines is 1. The zero-order valence-corrected chi connectivity index (χ0v) is 26.5. The van der Waals surface area contributed by atoms with Crippen LogP contribution in [0.3, 0.4) is 0 Å². The molecule has 0 aliphatic carbocycles. The fourth-order valence-corrected chi connectivity index (χ4v) is 5.85. The van der Waals surface area contributed by atoms with E-state index in [1.54, 1.807) is 31.2 Å². The van der Waals surface area contributed by atoms with Crippen LogP contribution in [-0.4, -0.2) is 58.0 Å². The van der Waals surface area contributed by atoms with Gasteiger partial charge in [0, 0.05) is 28.7 Å². The first-order valence-electron chi connectivity index (χ1n) is 13.3. The topological polar surface area (TPSA) is 105 Å². The van der Waals surface area contributed by atoms with Crippen molar-refractivity contribution in [2.75, 3.05) is 25.1 Å². The molecule has 2 unspecified atom stereocenters. The van der Waals surface area contributed by atoms with Crippen LogP contribution in [0.5, 0.6) is 11.5 Å². The fraction of sp³-hybridized carbons (Fsp3) is 0.333. The van der Waals surface area contributed by atoms with Gasteiger partial charge in [0.2, 0.25) is 11.8 Å². The lowest BCUT2D eigenvalue weighted by Gasteiger charge is -2.32. The second-order valence-corrected chi connectivity index (χ2v) is 12.3. The molecule has 2 amide bonds. The number of nitrogens with one attached hydrogen (secondary N) is 1. The molecule has 12 heteroatoms. The molecule has 0 aliphatic rings. The van der Waals surface area contributed by atoms with Gasteiger partial charge in [-0.3, -0.25) is 13.9 Å². The van der Waals surface area contributed by atoms with Gasteiger partial charge in [0.05, 0.1) is 24.8 Å². The summed E-state index contributed by atoms with van der Waals surface area (Å²) in [5.41, 5.74) is 0.813. The summed E-state index contributed by atoms with van der Waals surface area (Å²) < 4.78 is 39.7. The van der Waals surface area contributed by atoms with Crippen LogP contribution in [0, 0.1) is 0 Å². The van der Waals surface area contributed by atoms with E-state index < -0.39 is 28.5 Å². The standard InChI is InChI=1S/C30H35Cl2N3O6S/c1-6-20(2)33-30(37)21(3)34(18-22-9-7-8-10-26(22)32)29(36)19-35(24-13-11-23(31)12-14-24)42(38,39)25-15-16-27(40-4)28(17-25)41-5/h7-17,20-21H,6,18-19H2,1-5H3,(H,33,37). The van der Waals surface area contributed by atoms with Crippen molar-refractivity contribution < 1.29 is 27.5 Å². The lowest BCUT2D eigenvalue weighted by atomic mass is 10.1. The monoisotopic (exact) mass is 635 g/mol. The minimum absolute atomic E-state index is 0.0154. The summed E-state index contributed by atoms with van der Waals surface area (Å²) >= 11 is 12.5. The number of carbonyl (C=O) groups excluding carboxylic acids is 2. The number of ether oxygens (including phenoxy) is 2. The minimum atomic E-state index is -4.32. The molecule has 226 valence electrons. The van der Waals surface area contributed by atoms with Crippen LogP contribution in [-0.2, 0) is 26.2 Å². The van der Waals surface area contributed by atoms with Crippen molar-refractivity contribution in [3.63, 3.8) is 0 Å². The normalized spacial score (nSPS) is 12.6. The zero-order valence-electron chi connectivity index (χ0n) is 24.1. The molecular formula is C30H35Cl2N3O6S. The van der Waals surface area contributed by atoms with Crippen molar-refractivity contribution in [1.82, 2.24) is 10.2 Å². The van der Waals surface area contributed by atoms with Crippen LogP contribution in [0.15, 0.2) is 71.6 Å². The van der Waals surface area contributed by atoms with Crippen LogP contribution < -0.4 is 19.1 Å². The third-order valence-corrected chi connectivity index (χ3v) is 9.19. The van der Waals surface area contributed by atoms with E-state index in [1.165, 1.54) is 61.6 Å². The first-order chi connectivity index (χ1) is 19.9. The Kier molecular flexibility index (Phi) is 11.5. The van der Waals surface area contributed by atoms with Gasteiger partial charge in [-0.25, -0.2) is 8.42 Å². The van der Waals surface area contributed by atoms with Crippen molar-refractivity contribution in [1.29, 1.82) is 0 Å². The smallest absolute Gasteiger partial charge is 0.264 e. The maximum atomic E-state index is 14.1. The average Bonchev–Trinajstić information content (AvgIpc) is 2.98. The van der Waals surface area contributed by atoms with Crippen molar-refractivity contribution in [2.24, 2.45) is 0 Å². The molecular weight excluding hydrogens is 601 g/mol. The van der Waals surface area contributed by atoms with Gasteiger partial charge in [0.1, 0.15) is 12.6 Å². The largest absolute Gasteiger partial charge is 0.493 e. The third kappa shape index (κ3) is 7.87. The molecule has 0 aromatic heterocycles. The van der Waals surface area contributed by atoms with E-state index in [4.69, 9.17) is 32.7 Å². The second-order valence-electron chi connectivity index (χ2n) is 9.61. The number of benzene rings is 3. The van der Waals surface area contributed by atoms with Gasteiger partial charge in [0.25, 0.3) is 10.0 Å². The summed E-state index contributed by atoms with van der Waals surface area (Å²) in [7, 11) is -1.49. The van der Waals surface area contributed by atoms with E-state index in [9.17, 15) is 18.0 Å². The van der Waals surface area contributed by atoms with Gasteiger partial charge in [0.15, 0.2) is 11.5 Å². The van der Waals surface area contributed by atoms with E-state index in [-0.39, 0.29) is 34.8 Å². The van der Waals surface area contributed by atoms with Crippen molar-refractivity contribution >= 4 is 50.7 Å². The molecule has 0 heterocycles. The van der Waals surface area contributed by atoms with Crippen molar-refractivity contribution in [3.8, 4) is 11.5 Å². The van der Waals surface area contributed by atoms with Gasteiger partial charge < -0.3 is 19.7 Å². The Morgan fingerprint density at radius 2 is 1.57 bits per heavy atom. The lowest BCUT2D eigenvalue weighted by Crippen LogP contribution is -2.52. The maximum absolute atomic E-state index is 14.1. The van der Waals surface area contributed by atoms with Crippen molar-refractivity contribution in [2.45, 2.75) is 50.7 Å². The molecule has 3 aromatic rings. The average molecular weight is 637 g/mol. The third-order valence-electron chi connectivity index (χ3n) is 6.80. The predicted molar refractivity (Wildman–Crippen MR) is 165 cm³/mol. The predicted octanol–water partition coefficient (Wildman–Crippen LogP) is 5.54. The first-order valence-corrected chi connectivity index (χ1v) is 15.5. The van der Waals surface area contributed by atoms with Gasteiger partial charge in [-0.05, 0) is 68.3 Å². The van der Waals surface area contributed by atoms with E-state index in [0.717, 1.165) is 4.31 Å². The Morgan fingerprint density at radius 1 is 0.929 bits per heavy atom.